The molecule has 0 unspecified atom stereocenters. The molecule has 0 radical (unpaired) electrons. The number of nitrogens with zero attached hydrogens (tertiary/aromatic N) is 3. The fraction of sp³-hybridized carbons (Fsp3) is 0.154. The Hall–Kier alpha value is -3.66. The summed E-state index contributed by atoms with van der Waals surface area (Å²) >= 11 is 0. The summed E-state index contributed by atoms with van der Waals surface area (Å²) in [4.78, 5) is 0. The zero-order valence-electron chi connectivity index (χ0n) is 17.4. The molecule has 2 aliphatic rings. The molecule has 4 nitrogen and oxygen atoms in total. The number of aryl methyl sites for hydroxylation is 2. The van der Waals surface area contributed by atoms with Gasteiger partial charge in [0.1, 0.15) is 17.1 Å². The van der Waals surface area contributed by atoms with Crippen LogP contribution in [0.15, 0.2) is 72.9 Å². The monoisotopic (exact) mass is 393 g/mol. The van der Waals surface area contributed by atoms with E-state index in [1.807, 2.05) is 12.1 Å². The molecule has 4 heteroatoms. The third kappa shape index (κ3) is 3.20. The van der Waals surface area contributed by atoms with E-state index in [-0.39, 0.29) is 0 Å². The Morgan fingerprint density at radius 2 is 1.50 bits per heavy atom. The van der Waals surface area contributed by atoms with Crippen molar-refractivity contribution in [2.75, 3.05) is 7.11 Å². The van der Waals surface area contributed by atoms with Crippen LogP contribution in [0.3, 0.4) is 0 Å². The molecule has 0 aliphatic carbocycles. The molecule has 0 atom stereocenters. The van der Waals surface area contributed by atoms with E-state index in [2.05, 4.69) is 89.4 Å². The normalized spacial score (nSPS) is 11.3. The van der Waals surface area contributed by atoms with Crippen LogP contribution in [0.2, 0.25) is 0 Å². The second-order valence-electron chi connectivity index (χ2n) is 7.80. The van der Waals surface area contributed by atoms with E-state index < -0.39 is 0 Å². The van der Waals surface area contributed by atoms with Gasteiger partial charge in [0, 0.05) is 29.3 Å². The van der Waals surface area contributed by atoms with E-state index in [0.717, 1.165) is 45.7 Å². The van der Waals surface area contributed by atoms with Gasteiger partial charge in [-0.1, -0.05) is 53.6 Å². The van der Waals surface area contributed by atoms with E-state index in [9.17, 15) is 0 Å². The number of pyridine rings is 1. The van der Waals surface area contributed by atoms with Gasteiger partial charge in [0.25, 0.3) is 0 Å². The van der Waals surface area contributed by atoms with E-state index in [4.69, 9.17) is 4.74 Å². The van der Waals surface area contributed by atoms with Gasteiger partial charge in [0.15, 0.2) is 0 Å². The molecule has 5 rings (SSSR count). The largest absolute Gasteiger partial charge is 0.497 e. The Bertz CT molecular complexity index is 1300. The maximum atomic E-state index is 5.30. The van der Waals surface area contributed by atoms with E-state index in [1.54, 1.807) is 7.11 Å². The Morgan fingerprint density at radius 3 is 2.23 bits per heavy atom. The number of fused-ring (bicyclic) bond motifs is 3. The van der Waals surface area contributed by atoms with Crippen LogP contribution in [0.25, 0.3) is 33.4 Å². The lowest BCUT2D eigenvalue weighted by Crippen LogP contribution is -2.04. The fourth-order valence-electron chi connectivity index (χ4n) is 3.94. The van der Waals surface area contributed by atoms with Gasteiger partial charge in [-0.05, 0) is 43.7 Å². The maximum Gasteiger partial charge on any atom is 0.118 e. The van der Waals surface area contributed by atoms with Crippen LogP contribution in [-0.2, 0) is 6.54 Å². The smallest absolute Gasteiger partial charge is 0.118 e. The first-order chi connectivity index (χ1) is 14.6. The van der Waals surface area contributed by atoms with Crippen molar-refractivity contribution >= 4 is 10.9 Å². The summed E-state index contributed by atoms with van der Waals surface area (Å²) in [6.45, 7) is 4.97. The van der Waals surface area contributed by atoms with Crippen LogP contribution in [0.4, 0.5) is 0 Å². The zero-order chi connectivity index (χ0) is 20.7. The molecule has 3 aromatic carbocycles. The number of methoxy groups -OCH3 is 1. The van der Waals surface area contributed by atoms with Gasteiger partial charge in [-0.3, -0.25) is 0 Å². The third-order valence-corrected chi connectivity index (χ3v) is 5.60. The summed E-state index contributed by atoms with van der Waals surface area (Å²) in [5.41, 5.74) is 8.86. The number of rotatable bonds is 4. The van der Waals surface area contributed by atoms with Crippen molar-refractivity contribution in [2.45, 2.75) is 20.4 Å². The summed E-state index contributed by atoms with van der Waals surface area (Å²) in [5, 5.41) is 10.3. The molecule has 0 saturated carbocycles. The van der Waals surface area contributed by atoms with Crippen LogP contribution >= 0.6 is 0 Å². The minimum absolute atomic E-state index is 0.762. The quantitative estimate of drug-likeness (QED) is 0.383. The minimum atomic E-state index is 0.762. The Morgan fingerprint density at radius 1 is 0.800 bits per heavy atom. The average Bonchev–Trinajstić information content (AvgIpc) is 3.19. The summed E-state index contributed by atoms with van der Waals surface area (Å²) < 4.78 is 7.59. The lowest BCUT2D eigenvalue weighted by molar-refractivity contribution is 0.414. The average molecular weight is 393 g/mol. The van der Waals surface area contributed by atoms with Crippen molar-refractivity contribution in [2.24, 2.45) is 0 Å². The Kier molecular flexibility index (Phi) is 4.47. The highest BCUT2D eigenvalue weighted by atomic mass is 16.5. The molecule has 3 aromatic rings. The molecule has 148 valence electrons. The highest BCUT2D eigenvalue weighted by molar-refractivity contribution is 5.98. The SMILES string of the molecule is COc1ccc(Cn2cc3c(-c4ccc(C)cc4)nnc-3c3cc(C)ccc32)cc1. The summed E-state index contributed by atoms with van der Waals surface area (Å²) in [5.74, 6) is 0.866. The van der Waals surface area contributed by atoms with Crippen molar-refractivity contribution in [3.05, 3.63) is 89.6 Å². The van der Waals surface area contributed by atoms with Crippen LogP contribution in [0.1, 0.15) is 16.7 Å². The molecule has 0 bridgehead atoms. The number of ether oxygens (including phenoxy) is 1. The lowest BCUT2D eigenvalue weighted by Gasteiger charge is -2.16. The van der Waals surface area contributed by atoms with Crippen molar-refractivity contribution < 1.29 is 4.74 Å². The maximum absolute atomic E-state index is 5.30. The van der Waals surface area contributed by atoms with Crippen molar-refractivity contribution in [1.29, 1.82) is 0 Å². The van der Waals surface area contributed by atoms with E-state index in [0.29, 0.717) is 0 Å². The molecule has 0 aromatic heterocycles. The molecule has 2 heterocycles. The van der Waals surface area contributed by atoms with E-state index in [1.165, 1.54) is 16.7 Å². The van der Waals surface area contributed by atoms with Gasteiger partial charge in [0.05, 0.1) is 12.6 Å². The minimum Gasteiger partial charge on any atom is -0.497 e. The van der Waals surface area contributed by atoms with Crippen molar-refractivity contribution in [3.8, 4) is 28.3 Å². The molecule has 0 spiro atoms. The van der Waals surface area contributed by atoms with Gasteiger partial charge in [-0.15, -0.1) is 10.2 Å². The van der Waals surface area contributed by atoms with Crippen LogP contribution < -0.4 is 4.74 Å². The van der Waals surface area contributed by atoms with Gasteiger partial charge in [-0.25, -0.2) is 0 Å². The first kappa shape index (κ1) is 18.4. The highest BCUT2D eigenvalue weighted by Gasteiger charge is 2.20. The molecular weight excluding hydrogens is 370 g/mol. The lowest BCUT2D eigenvalue weighted by atomic mass is 10.00. The van der Waals surface area contributed by atoms with E-state index >= 15 is 0 Å². The first-order valence-corrected chi connectivity index (χ1v) is 10.1. The van der Waals surface area contributed by atoms with Gasteiger partial charge < -0.3 is 9.30 Å². The number of hydrogen-bond donors (Lipinski definition) is 0. The fourth-order valence-corrected chi connectivity index (χ4v) is 3.94. The molecule has 2 aliphatic heterocycles. The standard InChI is InChI=1S/C26H23N3O/c1-17-4-9-20(10-5-17)25-23-16-29(15-19-7-11-21(30-3)12-8-19)24-13-6-18(2)14-22(24)26(23)28-27-25/h4-14,16H,15H2,1-3H3. The Balaban J connectivity index is 1.69. The molecule has 0 N–H and O–H groups in total. The third-order valence-electron chi connectivity index (χ3n) is 5.60. The van der Waals surface area contributed by atoms with Gasteiger partial charge in [-0.2, -0.15) is 0 Å². The van der Waals surface area contributed by atoms with Crippen LogP contribution in [0.5, 0.6) is 5.75 Å². The van der Waals surface area contributed by atoms with Gasteiger partial charge in [0.2, 0.25) is 0 Å². The first-order valence-electron chi connectivity index (χ1n) is 10.1. The molecule has 0 amide bonds. The van der Waals surface area contributed by atoms with Crippen LogP contribution in [-0.4, -0.2) is 21.9 Å². The molecular formula is C26H23N3O. The number of aromatic nitrogens is 3. The number of hydrogen-bond acceptors (Lipinski definition) is 3. The van der Waals surface area contributed by atoms with Crippen LogP contribution in [0, 0.1) is 13.8 Å². The highest BCUT2D eigenvalue weighted by Crippen LogP contribution is 2.37. The summed E-state index contributed by atoms with van der Waals surface area (Å²) in [6, 6.07) is 23.2. The van der Waals surface area contributed by atoms with Gasteiger partial charge >= 0.3 is 0 Å². The summed E-state index contributed by atoms with van der Waals surface area (Å²) in [6.07, 6.45) is 2.19. The molecule has 0 saturated heterocycles. The molecule has 0 fully saturated rings. The Labute approximate surface area is 176 Å². The van der Waals surface area contributed by atoms with Crippen molar-refractivity contribution in [3.63, 3.8) is 0 Å². The predicted octanol–water partition coefficient (Wildman–Crippen LogP) is 5.88. The topological polar surface area (TPSA) is 39.9 Å². The second-order valence-corrected chi connectivity index (χ2v) is 7.80. The second kappa shape index (κ2) is 7.30. The molecule has 30 heavy (non-hydrogen) atoms. The predicted molar refractivity (Wildman–Crippen MR) is 121 cm³/mol. The zero-order valence-corrected chi connectivity index (χ0v) is 17.4. The van der Waals surface area contributed by atoms with Crippen molar-refractivity contribution in [1.82, 2.24) is 14.8 Å². The number of benzene rings is 3. The summed E-state index contributed by atoms with van der Waals surface area (Å²) in [7, 11) is 1.69.